The molecule has 1 aromatic carbocycles. The van der Waals surface area contributed by atoms with Gasteiger partial charge < -0.3 is 11.5 Å². The molecular weight excluding hydrogens is 224 g/mol. The van der Waals surface area contributed by atoms with Crippen LogP contribution in [0.4, 0.5) is 0 Å². The van der Waals surface area contributed by atoms with Crippen molar-refractivity contribution in [1.29, 1.82) is 0 Å². The number of sulfone groups is 1. The third kappa shape index (κ3) is 1.75. The minimum absolute atomic E-state index is 0.211. The number of nitrogens with two attached hydrogens (primary N) is 2. The van der Waals surface area contributed by atoms with Crippen LogP contribution in [-0.2, 0) is 9.84 Å². The minimum Gasteiger partial charge on any atom is -0.329 e. The Morgan fingerprint density at radius 2 is 1.94 bits per heavy atom. The van der Waals surface area contributed by atoms with Crippen molar-refractivity contribution in [3.05, 3.63) is 29.8 Å². The van der Waals surface area contributed by atoms with E-state index in [2.05, 4.69) is 0 Å². The first-order valence-corrected chi connectivity index (χ1v) is 6.74. The largest absolute Gasteiger partial charge is 0.329 e. The van der Waals surface area contributed by atoms with Gasteiger partial charge in [-0.15, -0.1) is 0 Å². The molecule has 5 heteroatoms. The van der Waals surface area contributed by atoms with Crippen LogP contribution in [0.5, 0.6) is 0 Å². The zero-order chi connectivity index (χ0) is 12.0. The quantitative estimate of drug-likeness (QED) is 0.790. The SMILES string of the molecule is Cc1ccc(S(=O)(=O)[C@H]2C[C@@]2(N)CN)cc1. The molecule has 0 radical (unpaired) electrons. The summed E-state index contributed by atoms with van der Waals surface area (Å²) in [5.41, 5.74) is 11.6. The highest BCUT2D eigenvalue weighted by atomic mass is 32.2. The van der Waals surface area contributed by atoms with Gasteiger partial charge in [0.1, 0.15) is 0 Å². The van der Waals surface area contributed by atoms with Gasteiger partial charge in [0.25, 0.3) is 0 Å². The number of hydrogen-bond donors (Lipinski definition) is 2. The van der Waals surface area contributed by atoms with E-state index in [1.807, 2.05) is 6.92 Å². The third-order valence-corrected chi connectivity index (χ3v) is 5.47. The standard InChI is InChI=1S/C11H16N2O2S/c1-8-2-4-9(5-3-8)16(14,15)10-6-11(10,13)7-12/h2-5,10H,6-7,12-13H2,1H3/t10-,11+/m0/s1. The van der Waals surface area contributed by atoms with Crippen molar-refractivity contribution < 1.29 is 8.42 Å². The van der Waals surface area contributed by atoms with Crippen LogP contribution < -0.4 is 11.5 Å². The van der Waals surface area contributed by atoms with Gasteiger partial charge in [0, 0.05) is 12.1 Å². The summed E-state index contributed by atoms with van der Waals surface area (Å²) >= 11 is 0. The maximum atomic E-state index is 12.1. The van der Waals surface area contributed by atoms with E-state index in [9.17, 15) is 8.42 Å². The summed E-state index contributed by atoms with van der Waals surface area (Å²) in [7, 11) is -3.31. The first-order chi connectivity index (χ1) is 7.40. The van der Waals surface area contributed by atoms with Gasteiger partial charge in [0.05, 0.1) is 10.1 Å². The van der Waals surface area contributed by atoms with Gasteiger partial charge in [0.15, 0.2) is 9.84 Å². The van der Waals surface area contributed by atoms with Gasteiger partial charge in [-0.25, -0.2) is 8.42 Å². The Bertz CT molecular complexity index is 495. The lowest BCUT2D eigenvalue weighted by Crippen LogP contribution is -2.38. The molecule has 1 aliphatic carbocycles. The van der Waals surface area contributed by atoms with Crippen LogP contribution in [0.15, 0.2) is 29.2 Å². The summed E-state index contributed by atoms with van der Waals surface area (Å²) in [6.07, 6.45) is 0.458. The molecule has 4 nitrogen and oxygen atoms in total. The zero-order valence-electron chi connectivity index (χ0n) is 9.18. The summed E-state index contributed by atoms with van der Waals surface area (Å²) in [6.45, 7) is 2.13. The van der Waals surface area contributed by atoms with Crippen molar-refractivity contribution in [3.8, 4) is 0 Å². The molecule has 1 fully saturated rings. The molecule has 0 spiro atoms. The summed E-state index contributed by atoms with van der Waals surface area (Å²) in [5.74, 6) is 0. The van der Waals surface area contributed by atoms with Gasteiger partial charge >= 0.3 is 0 Å². The van der Waals surface area contributed by atoms with Crippen molar-refractivity contribution in [2.24, 2.45) is 11.5 Å². The molecule has 2 atom stereocenters. The summed E-state index contributed by atoms with van der Waals surface area (Å²) < 4.78 is 24.3. The molecule has 1 aromatic rings. The molecule has 0 saturated heterocycles. The second-order valence-electron chi connectivity index (χ2n) is 4.49. The Morgan fingerprint density at radius 1 is 1.38 bits per heavy atom. The molecule has 88 valence electrons. The van der Waals surface area contributed by atoms with Crippen LogP contribution >= 0.6 is 0 Å². The number of hydrogen-bond acceptors (Lipinski definition) is 4. The summed E-state index contributed by atoms with van der Waals surface area (Å²) in [5, 5.41) is -0.521. The Hall–Kier alpha value is -0.910. The van der Waals surface area contributed by atoms with E-state index < -0.39 is 20.6 Å². The monoisotopic (exact) mass is 240 g/mol. The van der Waals surface area contributed by atoms with E-state index >= 15 is 0 Å². The molecule has 0 unspecified atom stereocenters. The van der Waals surface area contributed by atoms with E-state index in [4.69, 9.17) is 11.5 Å². The molecule has 4 N–H and O–H groups in total. The molecule has 0 aromatic heterocycles. The molecule has 0 aliphatic heterocycles. The van der Waals surface area contributed by atoms with Crippen LogP contribution in [0.25, 0.3) is 0 Å². The van der Waals surface area contributed by atoms with Gasteiger partial charge in [-0.1, -0.05) is 17.7 Å². The fourth-order valence-electron chi connectivity index (χ4n) is 1.81. The Balaban J connectivity index is 2.31. The highest BCUT2D eigenvalue weighted by Gasteiger charge is 2.58. The normalized spacial score (nSPS) is 29.1. The maximum Gasteiger partial charge on any atom is 0.183 e. The fraction of sp³-hybridized carbons (Fsp3) is 0.455. The molecular formula is C11H16N2O2S. The Labute approximate surface area is 95.6 Å². The predicted octanol–water partition coefficient (Wildman–Crippen LogP) is 0.197. The summed E-state index contributed by atoms with van der Waals surface area (Å²) in [6, 6.07) is 6.83. The van der Waals surface area contributed by atoms with E-state index in [1.54, 1.807) is 24.3 Å². The van der Waals surface area contributed by atoms with Crippen LogP contribution in [-0.4, -0.2) is 25.8 Å². The van der Waals surface area contributed by atoms with Crippen molar-refractivity contribution in [3.63, 3.8) is 0 Å². The molecule has 0 heterocycles. The zero-order valence-corrected chi connectivity index (χ0v) is 10.00. The first-order valence-electron chi connectivity index (χ1n) is 5.20. The molecule has 0 bridgehead atoms. The second-order valence-corrected chi connectivity index (χ2v) is 6.62. The fourth-order valence-corrected chi connectivity index (χ4v) is 3.90. The number of aryl methyl sites for hydroxylation is 1. The lowest BCUT2D eigenvalue weighted by atomic mass is 10.2. The molecule has 0 amide bonds. The molecule has 1 aliphatic rings. The lowest BCUT2D eigenvalue weighted by Gasteiger charge is -2.09. The Morgan fingerprint density at radius 3 is 2.38 bits per heavy atom. The van der Waals surface area contributed by atoms with E-state index in [0.717, 1.165) is 5.56 Å². The molecule has 16 heavy (non-hydrogen) atoms. The average molecular weight is 240 g/mol. The molecule has 1 saturated carbocycles. The number of rotatable bonds is 3. The van der Waals surface area contributed by atoms with Crippen molar-refractivity contribution in [1.82, 2.24) is 0 Å². The van der Waals surface area contributed by atoms with Crippen molar-refractivity contribution in [2.75, 3.05) is 6.54 Å². The number of benzene rings is 1. The average Bonchev–Trinajstić information content (AvgIpc) is 2.93. The van der Waals surface area contributed by atoms with Crippen LogP contribution in [0, 0.1) is 6.92 Å². The molecule has 2 rings (SSSR count). The summed E-state index contributed by atoms with van der Waals surface area (Å²) in [4.78, 5) is 0.337. The smallest absolute Gasteiger partial charge is 0.183 e. The van der Waals surface area contributed by atoms with Gasteiger partial charge in [-0.2, -0.15) is 0 Å². The van der Waals surface area contributed by atoms with Gasteiger partial charge in [0.2, 0.25) is 0 Å². The van der Waals surface area contributed by atoms with E-state index in [1.165, 1.54) is 0 Å². The van der Waals surface area contributed by atoms with Crippen LogP contribution in [0.3, 0.4) is 0 Å². The first kappa shape index (κ1) is 11.6. The van der Waals surface area contributed by atoms with E-state index in [-0.39, 0.29) is 6.54 Å². The van der Waals surface area contributed by atoms with Crippen LogP contribution in [0.1, 0.15) is 12.0 Å². The van der Waals surface area contributed by atoms with Gasteiger partial charge in [-0.05, 0) is 25.5 Å². The van der Waals surface area contributed by atoms with Crippen molar-refractivity contribution >= 4 is 9.84 Å². The maximum absolute atomic E-state index is 12.1. The third-order valence-electron chi connectivity index (χ3n) is 3.15. The predicted molar refractivity (Wildman–Crippen MR) is 62.7 cm³/mol. The van der Waals surface area contributed by atoms with Gasteiger partial charge in [-0.3, -0.25) is 0 Å². The van der Waals surface area contributed by atoms with E-state index in [0.29, 0.717) is 11.3 Å². The second kappa shape index (κ2) is 3.55. The topological polar surface area (TPSA) is 86.2 Å². The minimum atomic E-state index is -3.31. The Kier molecular flexibility index (Phi) is 2.57. The highest BCUT2D eigenvalue weighted by Crippen LogP contribution is 2.41. The highest BCUT2D eigenvalue weighted by molar-refractivity contribution is 7.92. The lowest BCUT2D eigenvalue weighted by molar-refractivity contribution is 0.586. The van der Waals surface area contributed by atoms with Crippen LogP contribution in [0.2, 0.25) is 0 Å². The van der Waals surface area contributed by atoms with Crippen molar-refractivity contribution in [2.45, 2.75) is 29.0 Å².